The predicted octanol–water partition coefficient (Wildman–Crippen LogP) is 1.46. The van der Waals surface area contributed by atoms with E-state index in [0.717, 1.165) is 0 Å². The average molecular weight is 138 g/mol. The SMILES string of the molecule is C=C/C=C(\C=C\C=O)OC. The maximum absolute atomic E-state index is 9.83. The van der Waals surface area contributed by atoms with Gasteiger partial charge in [0.2, 0.25) is 0 Å². The lowest BCUT2D eigenvalue weighted by molar-refractivity contribution is -0.104. The van der Waals surface area contributed by atoms with Crippen molar-refractivity contribution in [2.75, 3.05) is 7.11 Å². The van der Waals surface area contributed by atoms with Crippen molar-refractivity contribution in [3.63, 3.8) is 0 Å². The molecule has 0 aliphatic rings. The molecule has 0 unspecified atom stereocenters. The summed E-state index contributed by atoms with van der Waals surface area (Å²) in [7, 11) is 1.53. The molecule has 0 amide bonds. The topological polar surface area (TPSA) is 26.3 Å². The maximum atomic E-state index is 9.83. The van der Waals surface area contributed by atoms with Crippen LogP contribution in [-0.4, -0.2) is 13.4 Å². The summed E-state index contributed by atoms with van der Waals surface area (Å²) < 4.78 is 4.84. The molecule has 0 aromatic heterocycles. The van der Waals surface area contributed by atoms with Crippen molar-refractivity contribution in [1.29, 1.82) is 0 Å². The van der Waals surface area contributed by atoms with E-state index in [1.54, 1.807) is 18.2 Å². The normalized spacial score (nSPS) is 11.5. The summed E-state index contributed by atoms with van der Waals surface area (Å²) in [5, 5.41) is 0. The lowest BCUT2D eigenvalue weighted by atomic mass is 10.4. The van der Waals surface area contributed by atoms with Crippen molar-refractivity contribution in [3.8, 4) is 0 Å². The van der Waals surface area contributed by atoms with Crippen molar-refractivity contribution in [2.24, 2.45) is 0 Å². The molecule has 0 rings (SSSR count). The van der Waals surface area contributed by atoms with Gasteiger partial charge in [0.05, 0.1) is 7.11 Å². The lowest BCUT2D eigenvalue weighted by Gasteiger charge is -1.95. The molecule has 0 radical (unpaired) electrons. The van der Waals surface area contributed by atoms with Crippen LogP contribution in [-0.2, 0) is 9.53 Å². The number of allylic oxidation sites excluding steroid dienone is 4. The first-order valence-corrected chi connectivity index (χ1v) is 2.83. The van der Waals surface area contributed by atoms with Crippen LogP contribution in [0.1, 0.15) is 0 Å². The minimum atomic E-state index is 0.613. The van der Waals surface area contributed by atoms with Crippen molar-refractivity contribution in [3.05, 3.63) is 36.6 Å². The predicted molar refractivity (Wildman–Crippen MR) is 40.5 cm³/mol. The second-order valence-electron chi connectivity index (χ2n) is 1.50. The average Bonchev–Trinajstić information content (AvgIpc) is 1.98. The third-order valence-corrected chi connectivity index (χ3v) is 0.857. The Hall–Kier alpha value is -1.31. The monoisotopic (exact) mass is 138 g/mol. The first-order chi connectivity index (χ1) is 4.85. The Morgan fingerprint density at radius 2 is 2.30 bits per heavy atom. The number of carbonyl (C=O) groups is 1. The van der Waals surface area contributed by atoms with Gasteiger partial charge in [-0.3, -0.25) is 4.79 Å². The number of carbonyl (C=O) groups excluding carboxylic acids is 1. The molecule has 54 valence electrons. The zero-order chi connectivity index (χ0) is 7.82. The number of ether oxygens (including phenoxy) is 1. The Kier molecular flexibility index (Phi) is 5.06. The van der Waals surface area contributed by atoms with Crippen LogP contribution in [0.25, 0.3) is 0 Å². The summed E-state index contributed by atoms with van der Waals surface area (Å²) >= 11 is 0. The van der Waals surface area contributed by atoms with Gasteiger partial charge in [0, 0.05) is 0 Å². The Balaban J connectivity index is 4.06. The molecule has 2 nitrogen and oxygen atoms in total. The standard InChI is InChI=1S/C8H10O2/c1-3-5-8(10-2)6-4-7-9/h3-7H,1H2,2H3/b6-4+,8-5+. The van der Waals surface area contributed by atoms with E-state index >= 15 is 0 Å². The summed E-state index contributed by atoms with van der Waals surface area (Å²) in [6.07, 6.45) is 6.87. The van der Waals surface area contributed by atoms with Gasteiger partial charge < -0.3 is 4.74 Å². The summed E-state index contributed by atoms with van der Waals surface area (Å²) in [5.74, 6) is 0.613. The van der Waals surface area contributed by atoms with Crippen molar-refractivity contribution in [2.45, 2.75) is 0 Å². The molecular formula is C8H10O2. The smallest absolute Gasteiger partial charge is 0.142 e. The Morgan fingerprint density at radius 3 is 2.70 bits per heavy atom. The third-order valence-electron chi connectivity index (χ3n) is 0.857. The van der Waals surface area contributed by atoms with Crippen LogP contribution < -0.4 is 0 Å². The maximum Gasteiger partial charge on any atom is 0.142 e. The minimum absolute atomic E-state index is 0.613. The number of methoxy groups -OCH3 is 1. The molecule has 0 bridgehead atoms. The fourth-order valence-corrected chi connectivity index (χ4v) is 0.442. The van der Waals surface area contributed by atoms with Gasteiger partial charge in [-0.15, -0.1) is 0 Å². The fraction of sp³-hybridized carbons (Fsp3) is 0.125. The fourth-order valence-electron chi connectivity index (χ4n) is 0.442. The van der Waals surface area contributed by atoms with Crippen LogP contribution in [0.5, 0.6) is 0 Å². The molecule has 0 saturated heterocycles. The first-order valence-electron chi connectivity index (χ1n) is 2.83. The Morgan fingerprint density at radius 1 is 1.60 bits per heavy atom. The van der Waals surface area contributed by atoms with Crippen LogP contribution in [0.2, 0.25) is 0 Å². The van der Waals surface area contributed by atoms with Crippen LogP contribution >= 0.6 is 0 Å². The second kappa shape index (κ2) is 5.82. The molecule has 0 aliphatic carbocycles. The van der Waals surface area contributed by atoms with E-state index in [9.17, 15) is 4.79 Å². The van der Waals surface area contributed by atoms with E-state index in [1.807, 2.05) is 0 Å². The van der Waals surface area contributed by atoms with E-state index in [-0.39, 0.29) is 0 Å². The molecule has 0 heterocycles. The van der Waals surface area contributed by atoms with Crippen LogP contribution in [0, 0.1) is 0 Å². The quantitative estimate of drug-likeness (QED) is 0.254. The van der Waals surface area contributed by atoms with Crippen molar-refractivity contribution < 1.29 is 9.53 Å². The van der Waals surface area contributed by atoms with Gasteiger partial charge >= 0.3 is 0 Å². The minimum Gasteiger partial charge on any atom is -0.497 e. The molecule has 0 spiro atoms. The van der Waals surface area contributed by atoms with Crippen LogP contribution in [0.15, 0.2) is 36.6 Å². The van der Waals surface area contributed by atoms with Gasteiger partial charge in [-0.1, -0.05) is 12.7 Å². The lowest BCUT2D eigenvalue weighted by Crippen LogP contribution is -1.79. The molecule has 0 aromatic carbocycles. The highest BCUT2D eigenvalue weighted by atomic mass is 16.5. The van der Waals surface area contributed by atoms with E-state index < -0.39 is 0 Å². The van der Waals surface area contributed by atoms with Crippen LogP contribution in [0.4, 0.5) is 0 Å². The zero-order valence-corrected chi connectivity index (χ0v) is 5.91. The molecule has 0 N–H and O–H groups in total. The molecule has 0 aliphatic heterocycles. The molecule has 0 atom stereocenters. The summed E-state index contributed by atoms with van der Waals surface area (Å²) in [4.78, 5) is 9.83. The highest BCUT2D eigenvalue weighted by Gasteiger charge is 1.82. The Bertz CT molecular complexity index is 166. The molecular weight excluding hydrogens is 128 g/mol. The van der Waals surface area contributed by atoms with E-state index in [2.05, 4.69) is 6.58 Å². The summed E-state index contributed by atoms with van der Waals surface area (Å²) in [5.41, 5.74) is 0. The molecule has 0 aromatic rings. The number of hydrogen-bond donors (Lipinski definition) is 0. The molecule has 0 saturated carbocycles. The first kappa shape index (κ1) is 8.69. The van der Waals surface area contributed by atoms with E-state index in [0.29, 0.717) is 12.0 Å². The number of hydrogen-bond acceptors (Lipinski definition) is 2. The number of aldehydes is 1. The largest absolute Gasteiger partial charge is 0.497 e. The zero-order valence-electron chi connectivity index (χ0n) is 5.91. The second-order valence-corrected chi connectivity index (χ2v) is 1.50. The van der Waals surface area contributed by atoms with E-state index in [4.69, 9.17) is 4.74 Å². The third kappa shape index (κ3) is 3.66. The van der Waals surface area contributed by atoms with Crippen molar-refractivity contribution >= 4 is 6.29 Å². The molecule has 10 heavy (non-hydrogen) atoms. The highest BCUT2D eigenvalue weighted by Crippen LogP contribution is 1.95. The van der Waals surface area contributed by atoms with Gasteiger partial charge in [0.1, 0.15) is 12.0 Å². The van der Waals surface area contributed by atoms with Gasteiger partial charge in [0.15, 0.2) is 0 Å². The summed E-state index contributed by atoms with van der Waals surface area (Å²) in [6, 6.07) is 0. The van der Waals surface area contributed by atoms with Gasteiger partial charge in [-0.25, -0.2) is 0 Å². The highest BCUT2D eigenvalue weighted by molar-refractivity contribution is 5.65. The molecule has 2 heteroatoms. The van der Waals surface area contributed by atoms with Crippen molar-refractivity contribution in [1.82, 2.24) is 0 Å². The summed E-state index contributed by atoms with van der Waals surface area (Å²) in [6.45, 7) is 3.48. The van der Waals surface area contributed by atoms with Gasteiger partial charge in [0.25, 0.3) is 0 Å². The number of rotatable bonds is 4. The van der Waals surface area contributed by atoms with Gasteiger partial charge in [-0.05, 0) is 18.2 Å². The van der Waals surface area contributed by atoms with Gasteiger partial charge in [-0.2, -0.15) is 0 Å². The molecule has 0 fully saturated rings. The van der Waals surface area contributed by atoms with Crippen LogP contribution in [0.3, 0.4) is 0 Å². The van der Waals surface area contributed by atoms with E-state index in [1.165, 1.54) is 13.2 Å². The Labute approximate surface area is 60.5 Å².